The fourth-order valence-corrected chi connectivity index (χ4v) is 4.62. The summed E-state index contributed by atoms with van der Waals surface area (Å²) in [5.41, 5.74) is 6.20. The standard InChI is InChI=1S/C15H22N2OS/c1-2-11-5-6-12(19-11)8-17-15(18)13-9-3-4-10(7-9)14(13)16/h5-6,9-10,13-14H,2-4,7-8,16H2,1H3,(H,17,18). The molecule has 3 N–H and O–H groups in total. The van der Waals surface area contributed by atoms with Gasteiger partial charge in [-0.2, -0.15) is 0 Å². The van der Waals surface area contributed by atoms with Crippen LogP contribution in [0.15, 0.2) is 12.1 Å². The smallest absolute Gasteiger partial charge is 0.225 e. The van der Waals surface area contributed by atoms with E-state index in [2.05, 4.69) is 24.4 Å². The number of nitrogens with two attached hydrogens (primary N) is 1. The fraction of sp³-hybridized carbons (Fsp3) is 0.667. The molecular formula is C15H22N2OS. The molecule has 2 saturated carbocycles. The number of aryl methyl sites for hydroxylation is 1. The Labute approximate surface area is 118 Å². The monoisotopic (exact) mass is 278 g/mol. The van der Waals surface area contributed by atoms with E-state index in [1.807, 2.05) is 0 Å². The number of rotatable bonds is 4. The Balaban J connectivity index is 1.57. The van der Waals surface area contributed by atoms with Gasteiger partial charge >= 0.3 is 0 Å². The van der Waals surface area contributed by atoms with Gasteiger partial charge in [0.2, 0.25) is 5.91 Å². The molecule has 19 heavy (non-hydrogen) atoms. The predicted octanol–water partition coefficient (Wildman–Crippen LogP) is 2.30. The van der Waals surface area contributed by atoms with Crippen LogP contribution in [0, 0.1) is 17.8 Å². The summed E-state index contributed by atoms with van der Waals surface area (Å²) in [6.45, 7) is 2.81. The first-order valence-corrected chi connectivity index (χ1v) is 8.11. The summed E-state index contributed by atoms with van der Waals surface area (Å²) in [5.74, 6) is 1.36. The molecule has 2 aliphatic carbocycles. The molecule has 4 heteroatoms. The lowest BCUT2D eigenvalue weighted by atomic mass is 9.84. The molecule has 2 aliphatic rings. The highest BCUT2D eigenvalue weighted by atomic mass is 32.1. The van der Waals surface area contributed by atoms with Crippen LogP contribution < -0.4 is 11.1 Å². The maximum Gasteiger partial charge on any atom is 0.225 e. The molecule has 4 atom stereocenters. The zero-order chi connectivity index (χ0) is 13.4. The van der Waals surface area contributed by atoms with Crippen LogP contribution in [0.4, 0.5) is 0 Å². The van der Waals surface area contributed by atoms with Gasteiger partial charge in [-0.05, 0) is 49.7 Å². The number of carbonyl (C=O) groups excluding carboxylic acids is 1. The Kier molecular flexibility index (Phi) is 3.63. The van der Waals surface area contributed by atoms with Crippen LogP contribution in [-0.4, -0.2) is 11.9 Å². The van der Waals surface area contributed by atoms with Crippen molar-refractivity contribution < 1.29 is 4.79 Å². The van der Waals surface area contributed by atoms with Gasteiger partial charge in [0, 0.05) is 15.8 Å². The number of nitrogens with one attached hydrogen (secondary N) is 1. The molecule has 2 bridgehead atoms. The Bertz CT molecular complexity index is 468. The SMILES string of the molecule is CCc1ccc(CNC(=O)C2C3CCC(C3)C2N)s1. The van der Waals surface area contributed by atoms with Gasteiger partial charge in [-0.15, -0.1) is 11.3 Å². The van der Waals surface area contributed by atoms with Crippen LogP contribution in [0.25, 0.3) is 0 Å². The molecule has 1 amide bonds. The van der Waals surface area contributed by atoms with Crippen molar-refractivity contribution in [3.05, 3.63) is 21.9 Å². The lowest BCUT2D eigenvalue weighted by Crippen LogP contribution is -2.45. The van der Waals surface area contributed by atoms with Gasteiger partial charge in [-0.25, -0.2) is 0 Å². The Hall–Kier alpha value is -0.870. The third-order valence-corrected chi connectivity index (χ3v) is 6.02. The normalized spacial score (nSPS) is 32.7. The van der Waals surface area contributed by atoms with Crippen LogP contribution >= 0.6 is 11.3 Å². The molecule has 0 saturated heterocycles. The van der Waals surface area contributed by atoms with Crippen LogP contribution in [-0.2, 0) is 17.8 Å². The molecule has 0 aromatic carbocycles. The van der Waals surface area contributed by atoms with E-state index in [-0.39, 0.29) is 17.9 Å². The summed E-state index contributed by atoms with van der Waals surface area (Å²) >= 11 is 1.79. The zero-order valence-electron chi connectivity index (χ0n) is 11.4. The summed E-state index contributed by atoms with van der Waals surface area (Å²) in [7, 11) is 0. The first-order chi connectivity index (χ1) is 9.19. The first-order valence-electron chi connectivity index (χ1n) is 7.30. The highest BCUT2D eigenvalue weighted by Gasteiger charge is 2.48. The molecule has 0 spiro atoms. The third-order valence-electron chi connectivity index (χ3n) is 4.79. The molecular weight excluding hydrogens is 256 g/mol. The highest BCUT2D eigenvalue weighted by Crippen LogP contribution is 2.47. The maximum atomic E-state index is 12.3. The average Bonchev–Trinajstić information content (AvgIpc) is 3.11. The predicted molar refractivity (Wildman–Crippen MR) is 77.8 cm³/mol. The lowest BCUT2D eigenvalue weighted by Gasteiger charge is -2.26. The van der Waals surface area contributed by atoms with Crippen LogP contribution in [0.2, 0.25) is 0 Å². The van der Waals surface area contributed by atoms with Crippen molar-refractivity contribution in [2.75, 3.05) is 0 Å². The minimum Gasteiger partial charge on any atom is -0.351 e. The summed E-state index contributed by atoms with van der Waals surface area (Å²) < 4.78 is 0. The Morgan fingerprint density at radius 3 is 2.74 bits per heavy atom. The quantitative estimate of drug-likeness (QED) is 0.888. The number of hydrogen-bond acceptors (Lipinski definition) is 3. The molecule has 4 unspecified atom stereocenters. The summed E-state index contributed by atoms with van der Waals surface area (Å²) in [6, 6.07) is 4.35. The lowest BCUT2D eigenvalue weighted by molar-refractivity contribution is -0.127. The van der Waals surface area contributed by atoms with Gasteiger partial charge < -0.3 is 11.1 Å². The van der Waals surface area contributed by atoms with E-state index < -0.39 is 0 Å². The minimum absolute atomic E-state index is 0.0596. The van der Waals surface area contributed by atoms with Crippen LogP contribution in [0.1, 0.15) is 35.9 Å². The molecule has 0 aliphatic heterocycles. The van der Waals surface area contributed by atoms with Crippen molar-refractivity contribution in [3.8, 4) is 0 Å². The molecule has 3 nitrogen and oxygen atoms in total. The van der Waals surface area contributed by atoms with E-state index in [4.69, 9.17) is 5.73 Å². The van der Waals surface area contributed by atoms with E-state index in [1.165, 1.54) is 22.6 Å². The van der Waals surface area contributed by atoms with Crippen LogP contribution in [0.5, 0.6) is 0 Å². The molecule has 1 aromatic heterocycles. The number of thiophene rings is 1. The highest BCUT2D eigenvalue weighted by molar-refractivity contribution is 7.11. The fourth-order valence-electron chi connectivity index (χ4n) is 3.72. The maximum absolute atomic E-state index is 12.3. The summed E-state index contributed by atoms with van der Waals surface area (Å²) in [6.07, 6.45) is 4.64. The van der Waals surface area contributed by atoms with Gasteiger partial charge in [0.05, 0.1) is 12.5 Å². The average molecular weight is 278 g/mol. The topological polar surface area (TPSA) is 55.1 Å². The first kappa shape index (κ1) is 13.1. The second-order valence-corrected chi connectivity index (χ2v) is 7.13. The van der Waals surface area contributed by atoms with Crippen molar-refractivity contribution in [3.63, 3.8) is 0 Å². The number of carbonyl (C=O) groups is 1. The zero-order valence-corrected chi connectivity index (χ0v) is 12.2. The number of amides is 1. The van der Waals surface area contributed by atoms with Crippen molar-refractivity contribution in [2.45, 2.75) is 45.2 Å². The number of hydrogen-bond donors (Lipinski definition) is 2. The van der Waals surface area contributed by atoms with Gasteiger partial charge in [0.1, 0.15) is 0 Å². The van der Waals surface area contributed by atoms with E-state index in [1.54, 1.807) is 11.3 Å². The van der Waals surface area contributed by atoms with Crippen molar-refractivity contribution in [1.82, 2.24) is 5.32 Å². The molecule has 2 fully saturated rings. The molecule has 0 radical (unpaired) electrons. The molecule has 1 aromatic rings. The molecule has 3 rings (SSSR count). The molecule has 1 heterocycles. The van der Waals surface area contributed by atoms with Gasteiger partial charge in [0.25, 0.3) is 0 Å². The largest absolute Gasteiger partial charge is 0.351 e. The van der Waals surface area contributed by atoms with E-state index in [0.29, 0.717) is 18.4 Å². The van der Waals surface area contributed by atoms with Crippen molar-refractivity contribution >= 4 is 17.2 Å². The van der Waals surface area contributed by atoms with E-state index in [0.717, 1.165) is 12.8 Å². The van der Waals surface area contributed by atoms with Crippen molar-refractivity contribution in [1.29, 1.82) is 0 Å². The second kappa shape index (κ2) is 5.25. The van der Waals surface area contributed by atoms with Crippen LogP contribution in [0.3, 0.4) is 0 Å². The Morgan fingerprint density at radius 1 is 1.37 bits per heavy atom. The van der Waals surface area contributed by atoms with Crippen molar-refractivity contribution in [2.24, 2.45) is 23.5 Å². The van der Waals surface area contributed by atoms with E-state index in [9.17, 15) is 4.79 Å². The molecule has 104 valence electrons. The van der Waals surface area contributed by atoms with Gasteiger partial charge in [0.15, 0.2) is 0 Å². The van der Waals surface area contributed by atoms with E-state index >= 15 is 0 Å². The summed E-state index contributed by atoms with van der Waals surface area (Å²) in [5, 5.41) is 3.09. The van der Waals surface area contributed by atoms with Gasteiger partial charge in [-0.1, -0.05) is 6.92 Å². The van der Waals surface area contributed by atoms with Gasteiger partial charge in [-0.3, -0.25) is 4.79 Å². The minimum atomic E-state index is 0.0596. The summed E-state index contributed by atoms with van der Waals surface area (Å²) in [4.78, 5) is 14.9. The Morgan fingerprint density at radius 2 is 2.11 bits per heavy atom. The third kappa shape index (κ3) is 2.43. The second-order valence-electron chi connectivity index (χ2n) is 5.88. The number of fused-ring (bicyclic) bond motifs is 2.